The lowest BCUT2D eigenvalue weighted by Crippen LogP contribution is -2.37. The number of hydrogen-bond donors (Lipinski definition) is 2. The fourth-order valence-electron chi connectivity index (χ4n) is 4.06. The molecule has 0 fully saturated rings. The Labute approximate surface area is 202 Å². The van der Waals surface area contributed by atoms with E-state index in [1.54, 1.807) is 30.3 Å². The highest BCUT2D eigenvalue weighted by Crippen LogP contribution is 2.30. The van der Waals surface area contributed by atoms with Crippen molar-refractivity contribution in [2.45, 2.75) is 6.92 Å². The minimum absolute atomic E-state index is 0.0696. The molecule has 0 aromatic heterocycles. The van der Waals surface area contributed by atoms with Crippen molar-refractivity contribution in [1.82, 2.24) is 0 Å². The quantitative estimate of drug-likeness (QED) is 0.334. The van der Waals surface area contributed by atoms with E-state index < -0.39 is 5.91 Å². The number of rotatable bonds is 5. The lowest BCUT2D eigenvalue weighted by molar-refractivity contribution is -0.118. The molecule has 0 atom stereocenters. The molecule has 7 nitrogen and oxygen atoms in total. The van der Waals surface area contributed by atoms with Gasteiger partial charge in [0.25, 0.3) is 5.91 Å². The van der Waals surface area contributed by atoms with Gasteiger partial charge in [-0.2, -0.15) is 5.10 Å². The van der Waals surface area contributed by atoms with Crippen LogP contribution in [0.2, 0.25) is 0 Å². The van der Waals surface area contributed by atoms with E-state index in [0.717, 1.165) is 16.3 Å². The lowest BCUT2D eigenvalue weighted by atomic mass is 10.0. The van der Waals surface area contributed by atoms with Gasteiger partial charge in [0.15, 0.2) is 5.71 Å². The summed E-state index contributed by atoms with van der Waals surface area (Å²) in [4.78, 5) is 27.3. The summed E-state index contributed by atoms with van der Waals surface area (Å²) < 4.78 is 0. The molecule has 1 aliphatic heterocycles. The van der Waals surface area contributed by atoms with Crippen molar-refractivity contribution < 1.29 is 14.7 Å². The zero-order valence-corrected chi connectivity index (χ0v) is 19.0. The number of carbonyl (C=O) groups excluding carboxylic acids is 2. The molecule has 0 saturated heterocycles. The Hall–Kier alpha value is -4.78. The molecule has 5 rings (SSSR count). The van der Waals surface area contributed by atoms with Gasteiger partial charge in [-0.15, -0.1) is 5.10 Å². The van der Waals surface area contributed by atoms with Gasteiger partial charge in [-0.3, -0.25) is 14.5 Å². The topological polar surface area (TPSA) is 94.4 Å². The van der Waals surface area contributed by atoms with Crippen molar-refractivity contribution in [1.29, 1.82) is 0 Å². The molecule has 7 heteroatoms. The smallest absolute Gasteiger partial charge is 0.279 e. The van der Waals surface area contributed by atoms with E-state index >= 15 is 0 Å². The van der Waals surface area contributed by atoms with E-state index in [1.165, 1.54) is 11.1 Å². The fraction of sp³-hybridized carbons (Fsp3) is 0.0714. The molecule has 4 aromatic rings. The molecule has 0 aliphatic carbocycles. The van der Waals surface area contributed by atoms with Crippen LogP contribution in [-0.2, 0) is 9.59 Å². The predicted molar refractivity (Wildman–Crippen MR) is 138 cm³/mol. The number of phenolic OH excluding ortho intramolecular Hbond substituents is 1. The van der Waals surface area contributed by atoms with Crippen LogP contribution in [0.5, 0.6) is 5.75 Å². The minimum Gasteiger partial charge on any atom is -0.507 e. The molecule has 2 amide bonds. The van der Waals surface area contributed by atoms with Gasteiger partial charge in [-0.25, -0.2) is 0 Å². The van der Waals surface area contributed by atoms with Crippen molar-refractivity contribution in [2.24, 2.45) is 10.2 Å². The lowest BCUT2D eigenvalue weighted by Gasteiger charge is -2.16. The third kappa shape index (κ3) is 4.39. The molecular weight excluding hydrogens is 440 g/mol. The molecule has 0 spiro atoms. The zero-order valence-electron chi connectivity index (χ0n) is 19.0. The molecule has 1 heterocycles. The number of carbonyl (C=O) groups is 2. The number of phenols is 1. The van der Waals surface area contributed by atoms with Crippen molar-refractivity contribution in [2.75, 3.05) is 16.8 Å². The first-order valence-corrected chi connectivity index (χ1v) is 11.1. The summed E-state index contributed by atoms with van der Waals surface area (Å²) in [6, 6.07) is 25.6. The molecule has 0 unspecified atom stereocenters. The Morgan fingerprint density at radius 1 is 0.971 bits per heavy atom. The third-order valence-corrected chi connectivity index (χ3v) is 5.83. The first-order chi connectivity index (χ1) is 17.0. The summed E-state index contributed by atoms with van der Waals surface area (Å²) in [7, 11) is 0. The van der Waals surface area contributed by atoms with Crippen LogP contribution in [-0.4, -0.2) is 35.4 Å². The molecular formula is C28H22N4O3. The molecule has 0 bridgehead atoms. The number of amides is 2. The number of anilines is 2. The summed E-state index contributed by atoms with van der Waals surface area (Å²) in [5.41, 5.74) is 3.59. The number of hydrogen-bond acceptors (Lipinski definition) is 5. The van der Waals surface area contributed by atoms with Gasteiger partial charge in [0.1, 0.15) is 12.3 Å². The van der Waals surface area contributed by atoms with Crippen LogP contribution in [0.4, 0.5) is 11.4 Å². The molecule has 2 N–H and O–H groups in total. The van der Waals surface area contributed by atoms with Crippen molar-refractivity contribution in [3.8, 4) is 5.75 Å². The summed E-state index contributed by atoms with van der Waals surface area (Å²) in [5, 5.41) is 23.2. The summed E-state index contributed by atoms with van der Waals surface area (Å²) in [6.45, 7) is 1.81. The Kier molecular flexibility index (Phi) is 5.81. The van der Waals surface area contributed by atoms with Crippen LogP contribution in [0.1, 0.15) is 16.7 Å². The molecule has 0 saturated carbocycles. The molecule has 4 aromatic carbocycles. The van der Waals surface area contributed by atoms with Crippen LogP contribution in [0, 0.1) is 6.92 Å². The van der Waals surface area contributed by atoms with E-state index in [2.05, 4.69) is 15.5 Å². The van der Waals surface area contributed by atoms with Crippen LogP contribution in [0.15, 0.2) is 95.1 Å². The van der Waals surface area contributed by atoms with Crippen LogP contribution >= 0.6 is 0 Å². The molecule has 35 heavy (non-hydrogen) atoms. The highest BCUT2D eigenvalue weighted by Gasteiger charge is 2.35. The summed E-state index contributed by atoms with van der Waals surface area (Å²) in [5.74, 6) is -0.660. The van der Waals surface area contributed by atoms with Crippen molar-refractivity contribution in [3.63, 3.8) is 0 Å². The number of benzene rings is 4. The van der Waals surface area contributed by atoms with E-state index in [1.807, 2.05) is 61.5 Å². The summed E-state index contributed by atoms with van der Waals surface area (Å²) >= 11 is 0. The van der Waals surface area contributed by atoms with E-state index in [9.17, 15) is 14.7 Å². The number of para-hydroxylation sites is 1. The highest BCUT2D eigenvalue weighted by atomic mass is 16.3. The van der Waals surface area contributed by atoms with Gasteiger partial charge < -0.3 is 10.4 Å². The average molecular weight is 463 g/mol. The second kappa shape index (κ2) is 9.23. The Balaban J connectivity index is 1.41. The third-order valence-electron chi connectivity index (χ3n) is 5.83. The van der Waals surface area contributed by atoms with Gasteiger partial charge >= 0.3 is 0 Å². The largest absolute Gasteiger partial charge is 0.507 e. The molecule has 172 valence electrons. The maximum absolute atomic E-state index is 13.2. The fourth-order valence-corrected chi connectivity index (χ4v) is 4.06. The second-order valence-corrected chi connectivity index (χ2v) is 8.24. The van der Waals surface area contributed by atoms with E-state index in [0.29, 0.717) is 22.5 Å². The maximum Gasteiger partial charge on any atom is 0.279 e. The number of aromatic hydroxyl groups is 1. The van der Waals surface area contributed by atoms with Crippen LogP contribution < -0.4 is 10.2 Å². The van der Waals surface area contributed by atoms with E-state index in [-0.39, 0.29) is 23.9 Å². The first kappa shape index (κ1) is 22.0. The van der Waals surface area contributed by atoms with Gasteiger partial charge in [0.2, 0.25) is 5.91 Å². The van der Waals surface area contributed by atoms with E-state index in [4.69, 9.17) is 0 Å². The Morgan fingerprint density at radius 2 is 1.71 bits per heavy atom. The van der Waals surface area contributed by atoms with Gasteiger partial charge in [-0.05, 0) is 42.0 Å². The molecule has 0 radical (unpaired) electrons. The number of nitrogens with zero attached hydrogens (tertiary/aromatic N) is 3. The minimum atomic E-state index is -0.412. The number of aryl methyl sites for hydroxylation is 1. The Morgan fingerprint density at radius 3 is 2.54 bits per heavy atom. The number of fused-ring (bicyclic) bond motifs is 2. The average Bonchev–Trinajstić information content (AvgIpc) is 3.12. The van der Waals surface area contributed by atoms with Crippen molar-refractivity contribution in [3.05, 3.63) is 102 Å². The summed E-state index contributed by atoms with van der Waals surface area (Å²) in [6.07, 6.45) is 1.44. The Bertz CT molecular complexity index is 1510. The van der Waals surface area contributed by atoms with Gasteiger partial charge in [0, 0.05) is 16.8 Å². The zero-order chi connectivity index (χ0) is 24.4. The van der Waals surface area contributed by atoms with Crippen LogP contribution in [0.25, 0.3) is 10.8 Å². The first-order valence-electron chi connectivity index (χ1n) is 11.1. The second-order valence-electron chi connectivity index (χ2n) is 8.24. The van der Waals surface area contributed by atoms with Gasteiger partial charge in [0.05, 0.1) is 11.9 Å². The maximum atomic E-state index is 13.2. The predicted octanol–water partition coefficient (Wildman–Crippen LogP) is 4.66. The number of nitrogens with one attached hydrogen (secondary N) is 1. The van der Waals surface area contributed by atoms with Crippen LogP contribution in [0.3, 0.4) is 0 Å². The SMILES string of the molecule is Cc1ccc(NC(=O)CN2C(=O)/C(=N/N=C\c3c(O)ccc4ccccc34)c3ccccc32)cc1. The standard InChI is InChI=1S/C28H22N4O3/c1-18-10-13-20(14-11-18)30-26(34)17-32-24-9-5-4-8-22(24)27(28(32)35)31-29-16-23-21-7-3-2-6-19(21)12-15-25(23)33/h2-16,33H,17H2,1H3,(H,30,34)/b29-16-,31-27+. The van der Waals surface area contributed by atoms with Crippen molar-refractivity contribution >= 4 is 45.9 Å². The highest BCUT2D eigenvalue weighted by molar-refractivity contribution is 6.54. The molecule has 1 aliphatic rings. The van der Waals surface area contributed by atoms with Gasteiger partial charge in [-0.1, -0.05) is 66.2 Å². The normalized spacial score (nSPS) is 14.1. The monoisotopic (exact) mass is 462 g/mol.